The van der Waals surface area contributed by atoms with Crippen LogP contribution in [-0.4, -0.2) is 26.6 Å². The highest BCUT2D eigenvalue weighted by Crippen LogP contribution is 2.22. The lowest BCUT2D eigenvalue weighted by molar-refractivity contribution is -0.115. The Balaban J connectivity index is 2.78. The van der Waals surface area contributed by atoms with Gasteiger partial charge in [0.25, 0.3) is 0 Å². The Morgan fingerprint density at radius 1 is 1.44 bits per heavy atom. The molecule has 4 heteroatoms. The number of methoxy groups -OCH3 is 1. The van der Waals surface area contributed by atoms with Crippen LogP contribution in [0.15, 0.2) is 18.2 Å². The highest BCUT2D eigenvalue weighted by atomic mass is 16.5. The second-order valence-electron chi connectivity index (χ2n) is 3.46. The Morgan fingerprint density at radius 3 is 2.75 bits per heavy atom. The summed E-state index contributed by atoms with van der Waals surface area (Å²) < 4.78 is 5.22. The largest absolute Gasteiger partial charge is 0.496 e. The van der Waals surface area contributed by atoms with Crippen LogP contribution in [0.25, 0.3) is 0 Å². The Hall–Kier alpha value is -1.55. The molecule has 0 saturated carbocycles. The summed E-state index contributed by atoms with van der Waals surface area (Å²) in [6.45, 7) is 2.37. The summed E-state index contributed by atoms with van der Waals surface area (Å²) in [6, 6.07) is 5.64. The Morgan fingerprint density at radius 2 is 2.19 bits per heavy atom. The number of aryl methyl sites for hydroxylation is 1. The van der Waals surface area contributed by atoms with E-state index < -0.39 is 0 Å². The van der Waals surface area contributed by atoms with Gasteiger partial charge in [-0.05, 0) is 37.2 Å². The molecule has 2 N–H and O–H groups in total. The zero-order valence-electron chi connectivity index (χ0n) is 9.96. The molecule has 1 amide bonds. The molecule has 0 heterocycles. The van der Waals surface area contributed by atoms with Gasteiger partial charge in [-0.2, -0.15) is 0 Å². The molecule has 0 aliphatic carbocycles. The predicted octanol–water partition coefficient (Wildman–Crippen LogP) is 1.42. The van der Waals surface area contributed by atoms with Gasteiger partial charge < -0.3 is 15.4 Å². The van der Waals surface area contributed by atoms with Gasteiger partial charge in [-0.15, -0.1) is 0 Å². The molecule has 0 fully saturated rings. The smallest absolute Gasteiger partial charge is 0.238 e. The molecule has 0 atom stereocenters. The highest BCUT2D eigenvalue weighted by Gasteiger charge is 2.04. The fourth-order valence-corrected chi connectivity index (χ4v) is 1.50. The van der Waals surface area contributed by atoms with Gasteiger partial charge in [0.2, 0.25) is 5.91 Å². The number of rotatable bonds is 5. The number of benzene rings is 1. The number of nitrogens with one attached hydrogen (secondary N) is 2. The third-order valence-electron chi connectivity index (χ3n) is 2.28. The molecule has 1 rings (SSSR count). The van der Waals surface area contributed by atoms with Crippen molar-refractivity contribution in [3.63, 3.8) is 0 Å². The number of hydrogen-bond donors (Lipinski definition) is 2. The van der Waals surface area contributed by atoms with E-state index in [0.29, 0.717) is 6.54 Å². The average Bonchev–Trinajstić information content (AvgIpc) is 2.29. The van der Waals surface area contributed by atoms with Crippen LogP contribution in [-0.2, 0) is 11.2 Å². The molecular weight excluding hydrogens is 204 g/mol. The van der Waals surface area contributed by atoms with Gasteiger partial charge in [0.15, 0.2) is 0 Å². The molecule has 0 aliphatic rings. The van der Waals surface area contributed by atoms with Crippen LogP contribution in [0.1, 0.15) is 12.5 Å². The second-order valence-corrected chi connectivity index (χ2v) is 3.46. The lowest BCUT2D eigenvalue weighted by Gasteiger charge is -2.10. The van der Waals surface area contributed by atoms with E-state index in [1.54, 1.807) is 14.2 Å². The first-order chi connectivity index (χ1) is 7.71. The minimum atomic E-state index is -0.0466. The lowest BCUT2D eigenvalue weighted by Crippen LogP contribution is -2.25. The van der Waals surface area contributed by atoms with Crippen molar-refractivity contribution in [2.75, 3.05) is 26.0 Å². The Labute approximate surface area is 96.0 Å². The van der Waals surface area contributed by atoms with Crippen LogP contribution in [0.3, 0.4) is 0 Å². The zero-order chi connectivity index (χ0) is 12.0. The number of carbonyl (C=O) groups is 1. The van der Waals surface area contributed by atoms with Crippen LogP contribution in [0, 0.1) is 0 Å². The number of carbonyl (C=O) groups excluding carboxylic acids is 1. The predicted molar refractivity (Wildman–Crippen MR) is 64.9 cm³/mol. The minimum Gasteiger partial charge on any atom is -0.496 e. The van der Waals surface area contributed by atoms with Gasteiger partial charge in [0, 0.05) is 5.69 Å². The van der Waals surface area contributed by atoms with E-state index >= 15 is 0 Å². The number of amides is 1. The van der Waals surface area contributed by atoms with E-state index in [9.17, 15) is 4.79 Å². The molecule has 0 radical (unpaired) electrons. The van der Waals surface area contributed by atoms with E-state index in [1.165, 1.54) is 0 Å². The second kappa shape index (κ2) is 6.12. The maximum absolute atomic E-state index is 11.4. The molecular formula is C12H18N2O2. The molecule has 16 heavy (non-hydrogen) atoms. The van der Waals surface area contributed by atoms with E-state index in [1.807, 2.05) is 18.2 Å². The molecule has 1 aromatic rings. The normalized spacial score (nSPS) is 9.94. The van der Waals surface area contributed by atoms with E-state index in [-0.39, 0.29) is 5.91 Å². The Bertz CT molecular complexity index is 364. The van der Waals surface area contributed by atoms with Crippen molar-refractivity contribution in [2.24, 2.45) is 0 Å². The van der Waals surface area contributed by atoms with Gasteiger partial charge in [-0.25, -0.2) is 0 Å². The van der Waals surface area contributed by atoms with Crippen molar-refractivity contribution < 1.29 is 9.53 Å². The molecule has 0 saturated heterocycles. The molecule has 0 spiro atoms. The van der Waals surface area contributed by atoms with Crippen LogP contribution in [0.5, 0.6) is 5.75 Å². The van der Waals surface area contributed by atoms with Crippen molar-refractivity contribution in [1.29, 1.82) is 0 Å². The first-order valence-corrected chi connectivity index (χ1v) is 5.32. The molecule has 1 aromatic carbocycles. The van der Waals surface area contributed by atoms with Crippen LogP contribution in [0.2, 0.25) is 0 Å². The summed E-state index contributed by atoms with van der Waals surface area (Å²) in [5.41, 5.74) is 1.89. The van der Waals surface area contributed by atoms with Gasteiger partial charge in [0.05, 0.1) is 13.7 Å². The monoisotopic (exact) mass is 222 g/mol. The van der Waals surface area contributed by atoms with Crippen molar-refractivity contribution in [1.82, 2.24) is 5.32 Å². The summed E-state index contributed by atoms with van der Waals surface area (Å²) in [4.78, 5) is 11.4. The van der Waals surface area contributed by atoms with Crippen LogP contribution in [0.4, 0.5) is 5.69 Å². The van der Waals surface area contributed by atoms with Crippen LogP contribution < -0.4 is 15.4 Å². The molecule has 0 aromatic heterocycles. The first kappa shape index (κ1) is 12.5. The van der Waals surface area contributed by atoms with Crippen molar-refractivity contribution in [3.8, 4) is 5.75 Å². The average molecular weight is 222 g/mol. The fourth-order valence-electron chi connectivity index (χ4n) is 1.50. The third kappa shape index (κ3) is 3.24. The minimum absolute atomic E-state index is 0.0466. The Kier molecular flexibility index (Phi) is 4.79. The van der Waals surface area contributed by atoms with Crippen LogP contribution >= 0.6 is 0 Å². The van der Waals surface area contributed by atoms with E-state index in [4.69, 9.17) is 4.74 Å². The molecule has 0 aliphatic heterocycles. The molecule has 4 nitrogen and oxygen atoms in total. The first-order valence-electron chi connectivity index (χ1n) is 5.32. The van der Waals surface area contributed by atoms with E-state index in [2.05, 4.69) is 17.6 Å². The summed E-state index contributed by atoms with van der Waals surface area (Å²) in [6.07, 6.45) is 0.874. The number of ether oxygens (including phenoxy) is 1. The summed E-state index contributed by atoms with van der Waals surface area (Å²) in [5.74, 6) is 0.809. The molecule has 0 unspecified atom stereocenters. The van der Waals surface area contributed by atoms with Gasteiger partial charge in [-0.1, -0.05) is 6.92 Å². The van der Waals surface area contributed by atoms with Gasteiger partial charge in [-0.3, -0.25) is 4.79 Å². The standard InChI is InChI=1S/C12H18N2O2/c1-4-9-7-10(5-6-11(9)16-3)14-12(15)8-13-2/h5-7,13H,4,8H2,1-3H3,(H,14,15). The fraction of sp³-hybridized carbons (Fsp3) is 0.417. The van der Waals surface area contributed by atoms with E-state index in [0.717, 1.165) is 23.4 Å². The number of likely N-dealkylation sites (N-methyl/N-ethyl adjacent to an activating group) is 1. The van der Waals surface area contributed by atoms with Crippen molar-refractivity contribution in [3.05, 3.63) is 23.8 Å². The summed E-state index contributed by atoms with van der Waals surface area (Å²) in [5, 5.41) is 5.61. The number of hydrogen-bond acceptors (Lipinski definition) is 3. The maximum Gasteiger partial charge on any atom is 0.238 e. The van der Waals surface area contributed by atoms with Gasteiger partial charge in [0.1, 0.15) is 5.75 Å². The highest BCUT2D eigenvalue weighted by molar-refractivity contribution is 5.92. The van der Waals surface area contributed by atoms with Gasteiger partial charge >= 0.3 is 0 Å². The lowest BCUT2D eigenvalue weighted by atomic mass is 10.1. The molecule has 0 bridgehead atoms. The van der Waals surface area contributed by atoms with Crippen molar-refractivity contribution in [2.45, 2.75) is 13.3 Å². The van der Waals surface area contributed by atoms with Crippen molar-refractivity contribution >= 4 is 11.6 Å². The summed E-state index contributed by atoms with van der Waals surface area (Å²) >= 11 is 0. The SMILES string of the molecule is CCc1cc(NC(=O)CNC)ccc1OC. The third-order valence-corrected chi connectivity index (χ3v) is 2.28. The number of anilines is 1. The summed E-state index contributed by atoms with van der Waals surface area (Å²) in [7, 11) is 3.39. The molecule has 88 valence electrons. The maximum atomic E-state index is 11.4. The zero-order valence-corrected chi connectivity index (χ0v) is 9.96. The quantitative estimate of drug-likeness (QED) is 0.792. The topological polar surface area (TPSA) is 50.4 Å².